The van der Waals surface area contributed by atoms with E-state index in [2.05, 4.69) is 10.3 Å². The summed E-state index contributed by atoms with van der Waals surface area (Å²) in [6, 6.07) is 1.03. The Morgan fingerprint density at radius 1 is 1.56 bits per heavy atom. The van der Waals surface area contributed by atoms with Crippen molar-refractivity contribution in [3.63, 3.8) is 0 Å². The highest BCUT2D eigenvalue weighted by Crippen LogP contribution is 2.34. The number of imidazole rings is 1. The minimum absolute atomic E-state index is 0.225. The van der Waals surface area contributed by atoms with Gasteiger partial charge < -0.3 is 5.32 Å². The van der Waals surface area contributed by atoms with Gasteiger partial charge in [0.15, 0.2) is 4.96 Å². The standard InChI is InChI=1S/C13H15N3OS/c17-12(10-5-8-1-2-11(10)14-8)6-9-7-16-3-4-18-13(16)15-9/h3-4,7-8,10-11,14H,1-2,5-6H2. The number of carbonyl (C=O) groups excluding carboxylic acids is 1. The van der Waals surface area contributed by atoms with E-state index in [4.69, 9.17) is 0 Å². The van der Waals surface area contributed by atoms with Crippen LogP contribution < -0.4 is 5.32 Å². The molecule has 0 amide bonds. The van der Waals surface area contributed by atoms with Crippen molar-refractivity contribution in [3.05, 3.63) is 23.5 Å². The van der Waals surface area contributed by atoms with Crippen LogP contribution in [0.1, 0.15) is 25.0 Å². The summed E-state index contributed by atoms with van der Waals surface area (Å²) < 4.78 is 1.99. The molecule has 2 aliphatic rings. The van der Waals surface area contributed by atoms with Crippen LogP contribution >= 0.6 is 11.3 Å². The Balaban J connectivity index is 1.51. The molecule has 4 heterocycles. The average Bonchev–Trinajstić information content (AvgIpc) is 3.07. The molecule has 0 spiro atoms. The average molecular weight is 261 g/mol. The Labute approximate surface area is 109 Å². The van der Waals surface area contributed by atoms with E-state index < -0.39 is 0 Å². The molecule has 2 fully saturated rings. The first-order chi connectivity index (χ1) is 8.79. The first-order valence-corrected chi connectivity index (χ1v) is 7.37. The molecule has 0 saturated carbocycles. The Hall–Kier alpha value is -1.20. The summed E-state index contributed by atoms with van der Waals surface area (Å²) in [7, 11) is 0. The van der Waals surface area contributed by atoms with Gasteiger partial charge in [0, 0.05) is 35.8 Å². The van der Waals surface area contributed by atoms with Crippen LogP contribution in [0.5, 0.6) is 0 Å². The van der Waals surface area contributed by atoms with Crippen LogP contribution in [0, 0.1) is 5.92 Å². The lowest BCUT2D eigenvalue weighted by Gasteiger charge is -2.18. The third kappa shape index (κ3) is 1.61. The van der Waals surface area contributed by atoms with Crippen LogP contribution in [-0.2, 0) is 11.2 Å². The van der Waals surface area contributed by atoms with E-state index in [0.717, 1.165) is 17.1 Å². The second-order valence-electron chi connectivity index (χ2n) is 5.36. The van der Waals surface area contributed by atoms with Crippen molar-refractivity contribution in [1.29, 1.82) is 0 Å². The highest BCUT2D eigenvalue weighted by molar-refractivity contribution is 7.15. The number of fused-ring (bicyclic) bond motifs is 3. The van der Waals surface area contributed by atoms with Gasteiger partial charge in [-0.1, -0.05) is 0 Å². The summed E-state index contributed by atoms with van der Waals surface area (Å²) in [4.78, 5) is 17.8. The van der Waals surface area contributed by atoms with Crippen molar-refractivity contribution in [3.8, 4) is 0 Å². The number of hydrogen-bond donors (Lipinski definition) is 1. The largest absolute Gasteiger partial charge is 0.310 e. The topological polar surface area (TPSA) is 46.4 Å². The summed E-state index contributed by atoms with van der Waals surface area (Å²) in [5, 5.41) is 5.53. The second-order valence-corrected chi connectivity index (χ2v) is 6.23. The van der Waals surface area contributed by atoms with Crippen molar-refractivity contribution in [2.24, 2.45) is 5.92 Å². The van der Waals surface area contributed by atoms with Crippen LogP contribution in [0.25, 0.3) is 4.96 Å². The number of nitrogens with one attached hydrogen (secondary N) is 1. The summed E-state index contributed by atoms with van der Waals surface area (Å²) in [5.41, 5.74) is 0.912. The third-order valence-corrected chi connectivity index (χ3v) is 4.98. The zero-order chi connectivity index (χ0) is 12.1. The van der Waals surface area contributed by atoms with Gasteiger partial charge in [-0.15, -0.1) is 11.3 Å². The Morgan fingerprint density at radius 2 is 2.50 bits per heavy atom. The molecule has 2 aromatic heterocycles. The zero-order valence-corrected chi connectivity index (χ0v) is 10.8. The van der Waals surface area contributed by atoms with Crippen molar-refractivity contribution < 1.29 is 4.79 Å². The predicted octanol–water partition coefficient (Wildman–Crippen LogP) is 1.65. The summed E-state index contributed by atoms with van der Waals surface area (Å²) in [5.74, 6) is 0.587. The molecule has 3 unspecified atom stereocenters. The van der Waals surface area contributed by atoms with Gasteiger partial charge in [-0.05, 0) is 19.3 Å². The maximum absolute atomic E-state index is 12.3. The molecule has 18 heavy (non-hydrogen) atoms. The fourth-order valence-corrected chi connectivity index (χ4v) is 4.07. The Kier molecular flexibility index (Phi) is 2.32. The number of ketones is 1. The first-order valence-electron chi connectivity index (χ1n) is 6.49. The Morgan fingerprint density at radius 3 is 3.22 bits per heavy atom. The molecule has 2 bridgehead atoms. The number of carbonyl (C=O) groups is 1. The molecule has 0 radical (unpaired) electrons. The van der Waals surface area contributed by atoms with E-state index in [1.165, 1.54) is 12.8 Å². The number of aromatic nitrogens is 2. The van der Waals surface area contributed by atoms with Crippen LogP contribution in [0.4, 0.5) is 0 Å². The molecule has 2 saturated heterocycles. The van der Waals surface area contributed by atoms with E-state index >= 15 is 0 Å². The lowest BCUT2D eigenvalue weighted by Crippen LogP contribution is -2.29. The monoisotopic (exact) mass is 261 g/mol. The molecule has 2 aromatic rings. The summed E-state index contributed by atoms with van der Waals surface area (Å²) in [6.07, 6.45) is 7.90. The quantitative estimate of drug-likeness (QED) is 0.914. The predicted molar refractivity (Wildman–Crippen MR) is 69.8 cm³/mol. The van der Waals surface area contributed by atoms with E-state index in [-0.39, 0.29) is 5.92 Å². The SMILES string of the molecule is O=C(Cc1cn2ccsc2n1)C1CC2CCC1N2. The summed E-state index contributed by atoms with van der Waals surface area (Å²) >= 11 is 1.61. The zero-order valence-electron chi connectivity index (χ0n) is 10.0. The van der Waals surface area contributed by atoms with Crippen molar-refractivity contribution in [1.82, 2.24) is 14.7 Å². The van der Waals surface area contributed by atoms with Gasteiger partial charge in [-0.3, -0.25) is 9.20 Å². The fourth-order valence-electron chi connectivity index (χ4n) is 3.35. The maximum Gasteiger partial charge on any atom is 0.193 e. The van der Waals surface area contributed by atoms with E-state index in [1.54, 1.807) is 11.3 Å². The molecular weight excluding hydrogens is 246 g/mol. The lowest BCUT2D eigenvalue weighted by molar-refractivity contribution is -0.122. The highest BCUT2D eigenvalue weighted by atomic mass is 32.1. The Bertz CT molecular complexity index is 574. The molecule has 1 N–H and O–H groups in total. The molecule has 0 aromatic carbocycles. The second kappa shape index (κ2) is 3.90. The number of rotatable bonds is 3. The third-order valence-electron chi connectivity index (χ3n) is 4.21. The number of nitrogens with zero attached hydrogens (tertiary/aromatic N) is 2. The number of Topliss-reactive ketones (excluding diaryl/α,β-unsaturated/α-hetero) is 1. The van der Waals surface area contributed by atoms with Crippen molar-refractivity contribution >= 4 is 22.1 Å². The smallest absolute Gasteiger partial charge is 0.193 e. The molecule has 5 heteroatoms. The van der Waals surface area contributed by atoms with Gasteiger partial charge in [0.25, 0.3) is 0 Å². The first kappa shape index (κ1) is 10.7. The van der Waals surface area contributed by atoms with Gasteiger partial charge >= 0.3 is 0 Å². The van der Waals surface area contributed by atoms with Gasteiger partial charge in [0.1, 0.15) is 5.78 Å². The minimum atomic E-state index is 0.225. The molecule has 4 nitrogen and oxygen atoms in total. The number of thiazole rings is 1. The van der Waals surface area contributed by atoms with Crippen molar-refractivity contribution in [2.45, 2.75) is 37.8 Å². The van der Waals surface area contributed by atoms with Crippen LogP contribution in [0.2, 0.25) is 0 Å². The molecular formula is C13H15N3OS. The minimum Gasteiger partial charge on any atom is -0.310 e. The summed E-state index contributed by atoms with van der Waals surface area (Å²) in [6.45, 7) is 0. The van der Waals surface area contributed by atoms with E-state index in [0.29, 0.717) is 24.3 Å². The van der Waals surface area contributed by atoms with Gasteiger partial charge in [-0.25, -0.2) is 4.98 Å². The molecule has 3 atom stereocenters. The normalized spacial score (nSPS) is 30.3. The van der Waals surface area contributed by atoms with E-state index in [9.17, 15) is 4.79 Å². The van der Waals surface area contributed by atoms with Crippen molar-refractivity contribution in [2.75, 3.05) is 0 Å². The molecule has 94 valence electrons. The van der Waals surface area contributed by atoms with Gasteiger partial charge in [-0.2, -0.15) is 0 Å². The van der Waals surface area contributed by atoms with E-state index in [1.807, 2.05) is 22.2 Å². The molecule has 0 aliphatic carbocycles. The highest BCUT2D eigenvalue weighted by Gasteiger charge is 2.42. The van der Waals surface area contributed by atoms with Gasteiger partial charge in [0.2, 0.25) is 0 Å². The number of hydrogen-bond acceptors (Lipinski definition) is 4. The fraction of sp³-hybridized carbons (Fsp3) is 0.538. The maximum atomic E-state index is 12.3. The van der Waals surface area contributed by atoms with Crippen LogP contribution in [-0.4, -0.2) is 27.3 Å². The van der Waals surface area contributed by atoms with Gasteiger partial charge in [0.05, 0.1) is 12.1 Å². The molecule has 2 aliphatic heterocycles. The lowest BCUT2D eigenvalue weighted by atomic mass is 9.85. The van der Waals surface area contributed by atoms with Crippen LogP contribution in [0.3, 0.4) is 0 Å². The van der Waals surface area contributed by atoms with Crippen LogP contribution in [0.15, 0.2) is 17.8 Å². The molecule has 4 rings (SSSR count).